The highest BCUT2D eigenvalue weighted by Crippen LogP contribution is 2.52. The Balaban J connectivity index is 1.94. The Kier molecular flexibility index (Phi) is 5.93. The number of rotatable bonds is 3. The molecule has 0 aliphatic carbocycles. The van der Waals surface area contributed by atoms with Gasteiger partial charge < -0.3 is 0 Å². The second-order valence-electron chi connectivity index (χ2n) is 14.6. The van der Waals surface area contributed by atoms with Crippen molar-refractivity contribution in [3.63, 3.8) is 0 Å². The molecule has 1 aliphatic heterocycles. The van der Waals surface area contributed by atoms with Crippen LogP contribution < -0.4 is 9.75 Å². The first-order valence-electron chi connectivity index (χ1n) is 14.2. The summed E-state index contributed by atoms with van der Waals surface area (Å²) < 4.78 is 11.6. The van der Waals surface area contributed by atoms with E-state index in [0.29, 0.717) is 6.04 Å². The predicted octanol–water partition coefficient (Wildman–Crippen LogP) is 8.98. The van der Waals surface area contributed by atoms with Gasteiger partial charge in [-0.15, -0.1) is 0 Å². The van der Waals surface area contributed by atoms with E-state index in [1.165, 1.54) is 59.1 Å². The van der Waals surface area contributed by atoms with E-state index in [1.54, 1.807) is 0 Å². The highest BCUT2D eigenvalue weighted by molar-refractivity contribution is 8.00. The first-order valence-corrected chi connectivity index (χ1v) is 18.0. The molecule has 3 heteroatoms. The molecule has 0 unspecified atom stereocenters. The van der Waals surface area contributed by atoms with Gasteiger partial charge in [0.2, 0.25) is 5.69 Å². The lowest BCUT2D eigenvalue weighted by molar-refractivity contribution is -0.659. The molecule has 37 heavy (non-hydrogen) atoms. The van der Waals surface area contributed by atoms with Crippen molar-refractivity contribution in [3.8, 4) is 11.3 Å². The number of hydrogen-bond donors (Lipinski definition) is 0. The Morgan fingerprint density at radius 3 is 2.22 bits per heavy atom. The molecular weight excluding hydrogens is 483 g/mol. The molecule has 1 aromatic heterocycles. The quantitative estimate of drug-likeness (QED) is 0.167. The van der Waals surface area contributed by atoms with Crippen LogP contribution >= 0.6 is 11.8 Å². The summed E-state index contributed by atoms with van der Waals surface area (Å²) in [6.45, 7) is 23.5. The zero-order chi connectivity index (χ0) is 27.9. The Hall–Kier alpha value is -2.10. The molecule has 0 amide bonds. The van der Waals surface area contributed by atoms with Gasteiger partial charge in [-0.1, -0.05) is 102 Å². The Bertz CT molecular complexity index is 1610. The lowest BCUT2D eigenvalue weighted by atomic mass is 9.81. The number of benzene rings is 3. The fraction of sp³-hybridized carbons (Fsp3) is 0.441. The van der Waals surface area contributed by atoms with Crippen molar-refractivity contribution in [2.75, 3.05) is 0 Å². The van der Waals surface area contributed by atoms with Crippen LogP contribution in [0, 0.1) is 17.8 Å². The number of aryl methyl sites for hydroxylation is 2. The molecule has 0 bridgehead atoms. The molecule has 0 N–H and O–H groups in total. The maximum absolute atomic E-state index is 9.28. The van der Waals surface area contributed by atoms with Crippen LogP contribution in [0.25, 0.3) is 32.8 Å². The summed E-state index contributed by atoms with van der Waals surface area (Å²) in [5, 5.41) is 6.66. The maximum atomic E-state index is 9.28. The molecule has 0 saturated carbocycles. The van der Waals surface area contributed by atoms with E-state index in [2.05, 4.69) is 116 Å². The van der Waals surface area contributed by atoms with E-state index in [4.69, 9.17) is 0 Å². The second-order valence-corrected chi connectivity index (χ2v) is 20.8. The molecule has 3 aromatic carbocycles. The van der Waals surface area contributed by atoms with Gasteiger partial charge >= 0.3 is 0 Å². The third-order valence-electron chi connectivity index (χ3n) is 7.54. The van der Waals surface area contributed by atoms with Crippen LogP contribution in [-0.2, 0) is 19.9 Å². The minimum atomic E-state index is -1.49. The number of aromatic nitrogens is 1. The van der Waals surface area contributed by atoms with E-state index in [1.807, 2.05) is 11.8 Å². The Morgan fingerprint density at radius 2 is 1.59 bits per heavy atom. The monoisotopic (exact) mass is 527 g/mol. The number of nitrogens with zero attached hydrogens (tertiary/aromatic N) is 1. The third-order valence-corrected chi connectivity index (χ3v) is 10.8. The van der Waals surface area contributed by atoms with Crippen LogP contribution in [0.5, 0.6) is 0 Å². The summed E-state index contributed by atoms with van der Waals surface area (Å²) in [6, 6.07) is 12.5. The van der Waals surface area contributed by atoms with Gasteiger partial charge in [0.15, 0.2) is 6.20 Å². The highest BCUT2D eigenvalue weighted by Gasteiger charge is 2.34. The predicted molar refractivity (Wildman–Crippen MR) is 166 cm³/mol. The van der Waals surface area contributed by atoms with Gasteiger partial charge in [-0.3, -0.25) is 0 Å². The Morgan fingerprint density at radius 1 is 0.919 bits per heavy atom. The maximum Gasteiger partial charge on any atom is 0.222 e. The molecule has 0 spiro atoms. The largest absolute Gasteiger partial charge is 0.222 e. The lowest BCUT2D eigenvalue weighted by Gasteiger charge is -2.29. The second kappa shape index (κ2) is 8.71. The molecule has 5 rings (SSSR count). The zero-order valence-corrected chi connectivity index (χ0v) is 26.6. The van der Waals surface area contributed by atoms with Crippen LogP contribution in [-0.4, -0.2) is 8.07 Å². The Labute approximate surface area is 231 Å². The summed E-state index contributed by atoms with van der Waals surface area (Å²) in [7, 11) is 0.710. The van der Waals surface area contributed by atoms with Gasteiger partial charge in [0.05, 0.1) is 20.4 Å². The molecular formula is C34H44NSSi+. The zero-order valence-electron chi connectivity index (χ0n) is 25.7. The average molecular weight is 528 g/mol. The van der Waals surface area contributed by atoms with E-state index in [-0.39, 0.29) is 10.8 Å². The summed E-state index contributed by atoms with van der Waals surface area (Å²) in [4.78, 5) is 2.74. The van der Waals surface area contributed by atoms with Crippen molar-refractivity contribution in [2.24, 2.45) is 17.9 Å². The van der Waals surface area contributed by atoms with Crippen LogP contribution in [0.15, 0.2) is 52.4 Å². The highest BCUT2D eigenvalue weighted by atomic mass is 32.2. The molecule has 2 heterocycles. The summed E-state index contributed by atoms with van der Waals surface area (Å²) in [5.74, 6) is 0. The summed E-state index contributed by atoms with van der Waals surface area (Å²) in [6.07, 6.45) is 4.17. The van der Waals surface area contributed by atoms with Crippen molar-refractivity contribution >= 4 is 46.6 Å². The molecule has 0 radical (unpaired) electrons. The lowest BCUT2D eigenvalue weighted by Crippen LogP contribution is -2.38. The molecule has 0 saturated heterocycles. The summed E-state index contributed by atoms with van der Waals surface area (Å²) in [5.41, 5.74) is 6.93. The minimum absolute atomic E-state index is 0.113. The van der Waals surface area contributed by atoms with E-state index in [9.17, 15) is 1.37 Å². The van der Waals surface area contributed by atoms with Gasteiger partial charge in [-0.05, 0) is 69.5 Å². The van der Waals surface area contributed by atoms with Crippen LogP contribution in [0.1, 0.15) is 59.6 Å². The van der Waals surface area contributed by atoms with Crippen molar-refractivity contribution in [1.29, 1.82) is 0 Å². The van der Waals surface area contributed by atoms with Crippen LogP contribution in [0.3, 0.4) is 0 Å². The first kappa shape index (κ1) is 25.2. The van der Waals surface area contributed by atoms with E-state index >= 15 is 0 Å². The first-order chi connectivity index (χ1) is 17.4. The van der Waals surface area contributed by atoms with Crippen LogP contribution in [0.2, 0.25) is 19.6 Å². The van der Waals surface area contributed by atoms with E-state index < -0.39 is 8.07 Å². The number of fused-ring (bicyclic) bond motifs is 3. The molecule has 1 nitrogen and oxygen atoms in total. The fourth-order valence-electron chi connectivity index (χ4n) is 5.86. The SMILES string of the molecule is [2H]c1cc(CC(C)(C)C)cc2c(C)c3c(c(CC(C)(C)C)c12)Sc1cc([Si](C)(C)C)cc2cc[n+](C)c-3c12. The van der Waals surface area contributed by atoms with Crippen molar-refractivity contribution in [1.82, 2.24) is 0 Å². The molecule has 0 atom stereocenters. The van der Waals surface area contributed by atoms with Gasteiger partial charge in [0.1, 0.15) is 7.05 Å². The van der Waals surface area contributed by atoms with Gasteiger partial charge in [-0.2, -0.15) is 0 Å². The van der Waals surface area contributed by atoms with Gasteiger partial charge in [0.25, 0.3) is 0 Å². The standard InChI is InChI=1S/C34H44NSSi/c1-21-26-16-22(19-33(2,3)4)12-13-25(26)27(20-34(5,6)7)32-29(21)31-30-23(14-15-35(31)8)17-24(37(9,10)11)18-28(30)36-32/h12-18H,19-20H2,1-11H3/q+1/i13D. The topological polar surface area (TPSA) is 3.88 Å². The normalized spacial score (nSPS) is 14.3. The van der Waals surface area contributed by atoms with Gasteiger partial charge in [-0.25, -0.2) is 4.57 Å². The molecule has 4 aromatic rings. The number of hydrogen-bond acceptors (Lipinski definition) is 1. The van der Waals surface area contributed by atoms with Crippen LogP contribution in [0.4, 0.5) is 0 Å². The van der Waals surface area contributed by atoms with Crippen molar-refractivity contribution in [3.05, 3.63) is 59.3 Å². The van der Waals surface area contributed by atoms with E-state index in [0.717, 1.165) is 18.2 Å². The molecule has 0 fully saturated rings. The smallest absolute Gasteiger partial charge is 0.200 e. The third kappa shape index (κ3) is 4.90. The van der Waals surface area contributed by atoms with Crippen molar-refractivity contribution in [2.45, 2.75) is 90.7 Å². The average Bonchev–Trinajstić information content (AvgIpc) is 2.75. The minimum Gasteiger partial charge on any atom is -0.200 e. The van der Waals surface area contributed by atoms with Crippen molar-refractivity contribution < 1.29 is 5.94 Å². The molecule has 1 aliphatic rings. The van der Waals surface area contributed by atoms with Gasteiger partial charge in [0, 0.05) is 15.9 Å². The molecule has 194 valence electrons. The summed E-state index contributed by atoms with van der Waals surface area (Å²) >= 11 is 1.96. The fourth-order valence-corrected chi connectivity index (χ4v) is 8.50. The number of pyridine rings is 1.